The van der Waals surface area contributed by atoms with Gasteiger partial charge >= 0.3 is 115 Å². The monoisotopic (exact) mass is 1700 g/mol. The second-order valence-electron chi connectivity index (χ2n) is 29.7. The standard InChI is InChI=1S/C23H26N6OS.C17H23N3O2.C12H15N3.C11H13N3O2S.C10H20N2O2.C7H4FN.CH2O3.CH4.ClH.2K.H/c1-16-13-28(19-4-2-17(11-24)3-5-19)7-6-27(16)14-18-10-20-22(25-12-18)29-8-9-31-15-21(29)23(30)26-20;1-13-12-19(15-7-5-14(11-18)6-8-15)9-10-20(13)16(21)22-17(2,3)4;1-10-9-15(7-6-14-10)12-4-2-11(8-13)3-5-12;15-5-7-3-8-10(12-4-7)14-1-2-17-6-9(14)11(16)13-8;1-8-7-11-5-6-12(8)9(13)14-10(2,3)4;8-7-3-1-6(5-9)2-4-7;2-1-4-3;;;;;/h2-5,10,12,16,21H,6-9,13-15H2,1H3,(H,26,30);5-8,13H,9-10,12H2,1-4H3;2-5,10,14H,6-7,9H2,1H3;3-4,9,15H,1-2,5-6H2,(H,13,16);8,11H,5-7H2,1-4H3;1-4H;1,3H;1H4;1H;;;/q;;;;;;;;;2*+1;-1/p-1/t16-,21-;13-;10-;9-;8-;;;;;;;/m00000......./s1. The van der Waals surface area contributed by atoms with Crippen LogP contribution in [0.5, 0.6) is 0 Å². The summed E-state index contributed by atoms with van der Waals surface area (Å²) in [5.41, 5.74) is 8.54. The quantitative estimate of drug-likeness (QED) is 0.0655. The second kappa shape index (κ2) is 50.2. The van der Waals surface area contributed by atoms with Crippen LogP contribution in [0.3, 0.4) is 0 Å². The molecule has 4 aromatic carbocycles. The Bertz CT molecular complexity index is 4300. The van der Waals surface area contributed by atoms with Crippen molar-refractivity contribution in [2.24, 2.45) is 0 Å². The van der Waals surface area contributed by atoms with Gasteiger partial charge in [0.05, 0.1) is 64.5 Å². The second-order valence-corrected chi connectivity index (χ2v) is 32.0. The zero-order valence-electron chi connectivity index (χ0n) is 68.7. The predicted molar refractivity (Wildman–Crippen MR) is 447 cm³/mol. The Morgan fingerprint density at radius 1 is 0.595 bits per heavy atom. The number of benzene rings is 4. The van der Waals surface area contributed by atoms with Gasteiger partial charge in [0.15, 0.2) is 11.6 Å². The number of piperazine rings is 4. The summed E-state index contributed by atoms with van der Waals surface area (Å²) in [6, 6.07) is 41.8. The van der Waals surface area contributed by atoms with Crippen molar-refractivity contribution in [3.63, 3.8) is 0 Å². The molecule has 5 N–H and O–H groups in total. The van der Waals surface area contributed by atoms with Gasteiger partial charge in [-0.3, -0.25) is 19.3 Å². The van der Waals surface area contributed by atoms with Crippen LogP contribution in [0.4, 0.5) is 54.1 Å². The van der Waals surface area contributed by atoms with Crippen molar-refractivity contribution in [2.45, 2.75) is 137 Å². The van der Waals surface area contributed by atoms with Gasteiger partial charge in [0.1, 0.15) is 29.1 Å². The third kappa shape index (κ3) is 31.0. The molecule has 0 unspecified atom stereocenters. The number of nitriles is 4. The molecule has 6 saturated heterocycles. The number of nitrogens with zero attached hydrogens (tertiary/aromatic N) is 14. The molecule has 14 rings (SSSR count). The van der Waals surface area contributed by atoms with Crippen molar-refractivity contribution in [3.05, 3.63) is 161 Å². The number of pyridine rings is 2. The molecule has 614 valence electrons. The topological polar surface area (TPSA) is 351 Å². The van der Waals surface area contributed by atoms with Gasteiger partial charge in [0, 0.05) is 175 Å². The molecule has 116 heavy (non-hydrogen) atoms. The van der Waals surface area contributed by atoms with E-state index in [2.05, 4.69) is 98.7 Å². The third-order valence-corrected chi connectivity index (χ3v) is 21.0. The Hall–Kier alpha value is -6.92. The average Bonchev–Trinajstić information content (AvgIpc) is 0.777. The summed E-state index contributed by atoms with van der Waals surface area (Å²) in [7, 11) is 0. The van der Waals surface area contributed by atoms with Crippen molar-refractivity contribution in [1.82, 2.24) is 35.3 Å². The Kier molecular flexibility index (Phi) is 43.9. The predicted octanol–water partition coefficient (Wildman–Crippen LogP) is 3.87. The largest absolute Gasteiger partial charge is 1.00 e. The van der Waals surface area contributed by atoms with Gasteiger partial charge in [-0.15, -0.1) is 12.4 Å². The van der Waals surface area contributed by atoms with E-state index < -0.39 is 11.2 Å². The van der Waals surface area contributed by atoms with Crippen LogP contribution >= 0.6 is 35.9 Å². The van der Waals surface area contributed by atoms with Gasteiger partial charge in [-0.25, -0.2) is 23.9 Å². The molecule has 34 heteroatoms. The van der Waals surface area contributed by atoms with Crippen LogP contribution in [0.2, 0.25) is 0 Å². The molecule has 0 aliphatic carbocycles. The Morgan fingerprint density at radius 2 is 1.00 bits per heavy atom. The molecule has 2 aromatic heterocycles. The first kappa shape index (κ1) is 101. The van der Waals surface area contributed by atoms with E-state index in [1.54, 1.807) is 33.8 Å². The molecular weight excluding hydrogens is 1590 g/mol. The van der Waals surface area contributed by atoms with E-state index in [0.717, 1.165) is 154 Å². The molecule has 6 atom stereocenters. The number of carbonyl (C=O) groups is 5. The van der Waals surface area contributed by atoms with E-state index in [-0.39, 0.29) is 191 Å². The Morgan fingerprint density at radius 3 is 1.40 bits per heavy atom. The van der Waals surface area contributed by atoms with Crippen molar-refractivity contribution in [3.8, 4) is 24.3 Å². The number of ether oxygens (including phenoxy) is 2. The molecule has 4 amide bonds. The number of aliphatic hydroxyl groups is 1. The van der Waals surface area contributed by atoms with Gasteiger partial charge in [0.2, 0.25) is 11.8 Å². The van der Waals surface area contributed by atoms with E-state index in [1.165, 1.54) is 30.0 Å². The van der Waals surface area contributed by atoms with E-state index in [1.807, 2.05) is 152 Å². The number of thioether (sulfide) groups is 2. The van der Waals surface area contributed by atoms with Gasteiger partial charge in [-0.05, 0) is 190 Å². The minimum Gasteiger partial charge on any atom is -1.00 e. The number of fused-ring (bicyclic) bond motifs is 6. The number of aromatic nitrogens is 2. The molecule has 6 fully saturated rings. The number of rotatable bonds is 7. The van der Waals surface area contributed by atoms with Crippen LogP contribution in [0, 0.1) is 51.1 Å². The zero-order chi connectivity index (χ0) is 81.1. The minimum atomic E-state index is -0.471. The van der Waals surface area contributed by atoms with Crippen LogP contribution in [0.15, 0.2) is 122 Å². The smallest absolute Gasteiger partial charge is 1.00 e. The van der Waals surface area contributed by atoms with Gasteiger partial charge in [-0.2, -0.15) is 44.6 Å². The summed E-state index contributed by atoms with van der Waals surface area (Å²) < 4.78 is 22.9. The normalized spacial score (nSPS) is 19.6. The third-order valence-electron chi connectivity index (χ3n) is 19.0. The number of hydrogen-bond acceptors (Lipinski definition) is 26. The van der Waals surface area contributed by atoms with E-state index in [9.17, 15) is 23.6 Å². The number of nitrogens with one attached hydrogen (secondary N) is 4. The molecule has 0 bridgehead atoms. The first-order valence-corrected chi connectivity index (χ1v) is 39.7. The molecule has 0 radical (unpaired) electrons. The maximum atomic E-state index is 12.5. The number of carbonyl (C=O) groups excluding carboxylic acids is 5. The number of hydrogen-bond donors (Lipinski definition) is 5. The van der Waals surface area contributed by atoms with Crippen LogP contribution in [0.25, 0.3) is 0 Å². The Labute approximate surface area is 783 Å². The van der Waals surface area contributed by atoms with Crippen LogP contribution in [0.1, 0.15) is 111 Å². The van der Waals surface area contributed by atoms with Crippen molar-refractivity contribution in [1.29, 1.82) is 21.0 Å². The number of amides is 4. The van der Waals surface area contributed by atoms with Crippen LogP contribution in [-0.4, -0.2) is 222 Å². The number of anilines is 7. The molecule has 0 spiro atoms. The molecule has 6 aromatic rings. The average molecular weight is 1700 g/mol. The van der Waals surface area contributed by atoms with Crippen molar-refractivity contribution in [2.75, 3.05) is 150 Å². The van der Waals surface area contributed by atoms with Gasteiger partial charge in [-0.1, -0.05) is 7.43 Å². The fourth-order valence-corrected chi connectivity index (χ4v) is 15.3. The summed E-state index contributed by atoms with van der Waals surface area (Å²) in [5.74, 6) is 5.24. The van der Waals surface area contributed by atoms with Gasteiger partial charge in [0.25, 0.3) is 6.47 Å². The first-order chi connectivity index (χ1) is 53.6. The maximum absolute atomic E-state index is 12.5. The maximum Gasteiger partial charge on any atom is 1.00 e. The molecular formula is C82H108ClFK2N18O10S2. The summed E-state index contributed by atoms with van der Waals surface area (Å²) in [4.78, 5) is 85.9. The molecule has 8 aliphatic rings. The molecule has 28 nitrogen and oxygen atoms in total. The molecule has 0 saturated carbocycles. The SMILES string of the molecule is C.C[C@H]1CN(c2ccc(C#N)cc2)CCN1.C[C@H]1CN(c2ccc(C#N)cc2)CCN1C(=O)OC(C)(C)C.C[C@H]1CN(c2ccc(C#N)cc2)CCN1Cc1cnc2c(c1)NC(=O)[C@@H]1CSCCN21.C[C@H]1CNCCN1C(=O)OC(C)(C)C.Cl.N#Cc1ccc(F)cc1.O=C1Nc2cc(CO)cnc2N2CCSC[C@@H]12.O=CO[O-].[H-].[K+].[K+]. The minimum absolute atomic E-state index is 0. The van der Waals surface area contributed by atoms with Crippen molar-refractivity contribution < 1.29 is 157 Å². The summed E-state index contributed by atoms with van der Waals surface area (Å²) in [6.45, 7) is 32.6. The van der Waals surface area contributed by atoms with E-state index >= 15 is 0 Å². The summed E-state index contributed by atoms with van der Waals surface area (Å²) in [5, 5.41) is 64.9. The summed E-state index contributed by atoms with van der Waals surface area (Å²) in [6.07, 6.45) is 3.18. The van der Waals surface area contributed by atoms with Gasteiger partial charge < -0.3 is 81.7 Å². The molecule has 10 heterocycles. The summed E-state index contributed by atoms with van der Waals surface area (Å²) >= 11 is 3.63. The zero-order valence-corrected chi connectivity index (χ0v) is 76.4. The first-order valence-electron chi connectivity index (χ1n) is 37.4. The van der Waals surface area contributed by atoms with Crippen LogP contribution < -0.4 is 154 Å². The van der Waals surface area contributed by atoms with E-state index in [0.29, 0.717) is 46.6 Å². The molecule has 8 aliphatic heterocycles. The number of aliphatic hydroxyl groups excluding tert-OH is 1. The van der Waals surface area contributed by atoms with Crippen molar-refractivity contribution >= 4 is 106 Å². The number of halogens is 2. The Balaban J connectivity index is 0.000000369. The van der Waals surface area contributed by atoms with Crippen LogP contribution in [-0.2, 0) is 41.9 Å². The van der Waals surface area contributed by atoms with E-state index in [4.69, 9.17) is 50.7 Å². The fraction of sp³-hybridized carbons (Fsp3) is 0.476. The fourth-order valence-electron chi connectivity index (χ4n) is 13.2.